The summed E-state index contributed by atoms with van der Waals surface area (Å²) in [5, 5.41) is 14.1. The first-order chi connectivity index (χ1) is 13.6. The molecule has 1 aliphatic rings. The smallest absolute Gasteiger partial charge is 0.416 e. The van der Waals surface area contributed by atoms with Crippen molar-refractivity contribution in [3.8, 4) is 5.75 Å². The predicted octanol–water partition coefficient (Wildman–Crippen LogP) is 2.27. The Morgan fingerprint density at radius 3 is 2.69 bits per heavy atom. The summed E-state index contributed by atoms with van der Waals surface area (Å²) < 4.78 is 43.9. The number of alkyl halides is 3. The quantitative estimate of drug-likeness (QED) is 0.593. The highest BCUT2D eigenvalue weighted by Gasteiger charge is 2.32. The third-order valence-corrected chi connectivity index (χ3v) is 4.18. The Hall–Kier alpha value is -3.30. The van der Waals surface area contributed by atoms with Crippen LogP contribution in [0, 0.1) is 5.92 Å². The maximum Gasteiger partial charge on any atom is 0.416 e. The Kier molecular flexibility index (Phi) is 5.63. The number of rotatable bonds is 6. The molecule has 2 aromatic rings. The van der Waals surface area contributed by atoms with Crippen LogP contribution < -0.4 is 15.2 Å². The first-order valence-electron chi connectivity index (χ1n) is 8.42. The number of anilines is 1. The van der Waals surface area contributed by atoms with Crippen LogP contribution in [-0.2, 0) is 11.0 Å². The first-order valence-corrected chi connectivity index (χ1v) is 8.42. The van der Waals surface area contributed by atoms with Gasteiger partial charge in [-0.05, 0) is 24.3 Å². The average molecular weight is 402 g/mol. The zero-order valence-corrected chi connectivity index (χ0v) is 14.9. The van der Waals surface area contributed by atoms with E-state index < -0.39 is 36.0 Å². The Labute approximate surface area is 165 Å². The number of Topliss-reactive ketones (excluding diaryl/α,β-unsaturated/α-hetero) is 1. The van der Waals surface area contributed by atoms with Gasteiger partial charge in [0, 0.05) is 6.21 Å². The molecule has 1 N–H and O–H groups in total. The number of hydrogen-bond donors (Lipinski definition) is 1. The van der Waals surface area contributed by atoms with Crippen LogP contribution in [0.3, 0.4) is 0 Å². The highest BCUT2D eigenvalue weighted by Crippen LogP contribution is 2.33. The molecule has 10 heteroatoms. The van der Waals surface area contributed by atoms with E-state index >= 15 is 0 Å². The number of aliphatic carboxylic acids is 1. The van der Waals surface area contributed by atoms with E-state index in [2.05, 4.69) is 5.10 Å². The summed E-state index contributed by atoms with van der Waals surface area (Å²) in [6, 6.07) is 8.84. The van der Waals surface area contributed by atoms with Crippen molar-refractivity contribution in [2.75, 3.05) is 18.2 Å². The minimum atomic E-state index is -4.49. The van der Waals surface area contributed by atoms with E-state index in [1.54, 1.807) is 0 Å². The lowest BCUT2D eigenvalue weighted by Crippen LogP contribution is -2.25. The molecule has 0 aromatic heterocycles. The lowest BCUT2D eigenvalue weighted by Gasteiger charge is -2.18. The molecule has 0 spiro atoms. The zero-order chi connectivity index (χ0) is 21.2. The topological polar surface area (TPSA) is 79.2 Å². The largest absolute Gasteiger partial charge is 0.481 e. The zero-order valence-electron chi connectivity index (χ0n) is 14.9. The third-order valence-electron chi connectivity index (χ3n) is 4.18. The van der Waals surface area contributed by atoms with Gasteiger partial charge in [0.2, 0.25) is 0 Å². The maximum absolute atomic E-state index is 12.9. The van der Waals surface area contributed by atoms with Gasteiger partial charge in [-0.15, -0.1) is 0 Å². The second-order valence-corrected chi connectivity index (χ2v) is 6.30. The molecule has 1 unspecified atom stereocenters. The van der Waals surface area contributed by atoms with Gasteiger partial charge < -0.3 is 9.84 Å². The number of carboxylic acid groups (broad SMARTS) is 1. The normalized spacial score (nSPS) is 16.1. The molecule has 2 aromatic carbocycles. The van der Waals surface area contributed by atoms with Crippen LogP contribution in [0.4, 0.5) is 18.9 Å². The molecule has 0 aliphatic carbocycles. The SMILES string of the molecule is [B]c1ccc(OCC(=O)O)c(C(=O)C2C=NN(c3cccc(C(F)(F)F)c3)C2)c1. The number of hydrogen-bond acceptors (Lipinski definition) is 5. The number of halogens is 3. The standard InChI is InChI=1S/C19H14BF3N2O4/c20-13-4-5-16(29-10-17(26)27)15(7-13)18(28)11-8-24-25(9-11)14-3-1-2-12(6-14)19(21,22)23/h1-8,11H,9-10H2,(H,26,27). The lowest BCUT2D eigenvalue weighted by molar-refractivity contribution is -0.139. The number of nitrogens with zero attached hydrogens (tertiary/aromatic N) is 2. The Bertz CT molecular complexity index is 978. The molecule has 3 rings (SSSR count). The summed E-state index contributed by atoms with van der Waals surface area (Å²) >= 11 is 0. The summed E-state index contributed by atoms with van der Waals surface area (Å²) in [6.07, 6.45) is -3.17. The number of carbonyl (C=O) groups is 2. The van der Waals surface area contributed by atoms with Crippen LogP contribution in [-0.4, -0.2) is 44.1 Å². The van der Waals surface area contributed by atoms with E-state index in [0.29, 0.717) is 0 Å². The van der Waals surface area contributed by atoms with Crippen LogP contribution in [0.5, 0.6) is 5.75 Å². The van der Waals surface area contributed by atoms with E-state index in [9.17, 15) is 22.8 Å². The van der Waals surface area contributed by atoms with Gasteiger partial charge in [-0.25, -0.2) is 4.79 Å². The molecule has 0 saturated carbocycles. The van der Waals surface area contributed by atoms with Gasteiger partial charge in [0.1, 0.15) is 13.6 Å². The summed E-state index contributed by atoms with van der Waals surface area (Å²) in [5.41, 5.74) is -0.268. The molecule has 1 aliphatic heterocycles. The first kappa shape index (κ1) is 20.4. The molecule has 6 nitrogen and oxygen atoms in total. The van der Waals surface area contributed by atoms with Gasteiger partial charge in [-0.2, -0.15) is 18.3 Å². The van der Waals surface area contributed by atoms with Gasteiger partial charge >= 0.3 is 12.1 Å². The number of benzene rings is 2. The molecule has 0 saturated heterocycles. The van der Waals surface area contributed by atoms with Crippen molar-refractivity contribution in [1.82, 2.24) is 0 Å². The van der Waals surface area contributed by atoms with E-state index in [4.69, 9.17) is 17.7 Å². The number of ketones is 1. The highest BCUT2D eigenvalue weighted by molar-refractivity contribution is 6.33. The van der Waals surface area contributed by atoms with E-state index in [1.165, 1.54) is 41.6 Å². The summed E-state index contributed by atoms with van der Waals surface area (Å²) in [6.45, 7) is -0.618. The molecule has 1 heterocycles. The molecule has 148 valence electrons. The fraction of sp³-hybridized carbons (Fsp3) is 0.211. The average Bonchev–Trinajstić information content (AvgIpc) is 3.16. The Balaban J connectivity index is 1.79. The van der Waals surface area contributed by atoms with Crippen LogP contribution in [0.15, 0.2) is 47.6 Å². The molecular weight excluding hydrogens is 388 g/mol. The summed E-state index contributed by atoms with van der Waals surface area (Å²) in [5.74, 6) is -2.36. The fourth-order valence-corrected chi connectivity index (χ4v) is 2.81. The maximum atomic E-state index is 12.9. The van der Waals surface area contributed by atoms with E-state index in [0.717, 1.165) is 12.1 Å². The van der Waals surface area contributed by atoms with Crippen molar-refractivity contribution < 1.29 is 32.6 Å². The molecule has 2 radical (unpaired) electrons. The van der Waals surface area contributed by atoms with Gasteiger partial charge in [0.25, 0.3) is 0 Å². The summed E-state index contributed by atoms with van der Waals surface area (Å²) in [7, 11) is 5.72. The van der Waals surface area contributed by atoms with Gasteiger partial charge in [-0.1, -0.05) is 23.7 Å². The number of carbonyl (C=O) groups excluding carboxylic acids is 1. The number of ether oxygens (including phenoxy) is 1. The van der Waals surface area contributed by atoms with E-state index in [-0.39, 0.29) is 29.0 Å². The Morgan fingerprint density at radius 2 is 2.00 bits per heavy atom. The van der Waals surface area contributed by atoms with Crippen molar-refractivity contribution in [1.29, 1.82) is 0 Å². The van der Waals surface area contributed by atoms with Crippen LogP contribution >= 0.6 is 0 Å². The van der Waals surface area contributed by atoms with Crippen molar-refractivity contribution in [3.05, 3.63) is 53.6 Å². The lowest BCUT2D eigenvalue weighted by atomic mass is 9.90. The molecular formula is C19H14BF3N2O4. The predicted molar refractivity (Wildman–Crippen MR) is 100 cm³/mol. The monoisotopic (exact) mass is 402 g/mol. The summed E-state index contributed by atoms with van der Waals surface area (Å²) in [4.78, 5) is 23.6. The third kappa shape index (κ3) is 4.76. The second-order valence-electron chi connectivity index (χ2n) is 6.30. The van der Waals surface area contributed by atoms with Crippen molar-refractivity contribution >= 4 is 37.0 Å². The second kappa shape index (κ2) is 7.98. The van der Waals surface area contributed by atoms with Crippen molar-refractivity contribution in [2.45, 2.75) is 6.18 Å². The minimum Gasteiger partial charge on any atom is -0.481 e. The minimum absolute atomic E-state index is 0.0211. The van der Waals surface area contributed by atoms with Crippen LogP contribution in [0.1, 0.15) is 15.9 Å². The molecule has 0 amide bonds. The molecule has 1 atom stereocenters. The van der Waals surface area contributed by atoms with E-state index in [1.807, 2.05) is 0 Å². The van der Waals surface area contributed by atoms with Gasteiger partial charge in [-0.3, -0.25) is 9.80 Å². The van der Waals surface area contributed by atoms with Crippen molar-refractivity contribution in [2.24, 2.45) is 11.0 Å². The highest BCUT2D eigenvalue weighted by atomic mass is 19.4. The van der Waals surface area contributed by atoms with Crippen LogP contribution in [0.25, 0.3) is 0 Å². The molecule has 0 fully saturated rings. The van der Waals surface area contributed by atoms with Gasteiger partial charge in [0.15, 0.2) is 12.4 Å². The Morgan fingerprint density at radius 1 is 1.24 bits per heavy atom. The number of hydrazone groups is 1. The number of carboxylic acids is 1. The molecule has 29 heavy (non-hydrogen) atoms. The fourth-order valence-electron chi connectivity index (χ4n) is 2.81. The van der Waals surface area contributed by atoms with Crippen molar-refractivity contribution in [3.63, 3.8) is 0 Å². The van der Waals surface area contributed by atoms with Crippen LogP contribution in [0.2, 0.25) is 0 Å². The molecule has 0 bridgehead atoms. The van der Waals surface area contributed by atoms with Gasteiger partial charge in [0.05, 0.1) is 29.3 Å².